The second kappa shape index (κ2) is 17.0. The maximum atomic E-state index is 12.2. The Labute approximate surface area is 218 Å². The Kier molecular flexibility index (Phi) is 14.0. The average Bonchev–Trinajstić information content (AvgIpc) is 2.89. The molecule has 2 aromatic carbocycles. The fourth-order valence-corrected chi connectivity index (χ4v) is 4.02. The van der Waals surface area contributed by atoms with Crippen LogP contribution in [-0.2, 0) is 14.3 Å². The second-order valence-electron chi connectivity index (χ2n) is 9.59. The summed E-state index contributed by atoms with van der Waals surface area (Å²) in [6.07, 6.45) is 8.75. The van der Waals surface area contributed by atoms with Crippen LogP contribution in [0, 0.1) is 5.92 Å². The lowest BCUT2D eigenvalue weighted by atomic mass is 10.0. The maximum absolute atomic E-state index is 12.2. The summed E-state index contributed by atoms with van der Waals surface area (Å²) in [6, 6.07) is 12.0. The molecule has 200 valence electrons. The highest BCUT2D eigenvalue weighted by molar-refractivity contribution is 5.93. The first-order valence-corrected chi connectivity index (χ1v) is 13.7. The largest absolute Gasteiger partial charge is 0.493 e. The molecule has 0 bridgehead atoms. The first-order chi connectivity index (χ1) is 17.5. The number of hydrogen-bond acceptors (Lipinski definition) is 5. The second-order valence-corrected chi connectivity index (χ2v) is 9.59. The molecule has 0 spiro atoms. The highest BCUT2D eigenvalue weighted by atomic mass is 16.6. The quantitative estimate of drug-likeness (QED) is 0.112. The van der Waals surface area contributed by atoms with Gasteiger partial charge in [-0.2, -0.15) is 0 Å². The third-order valence-corrected chi connectivity index (χ3v) is 6.35. The zero-order valence-electron chi connectivity index (χ0n) is 22.9. The molecule has 2 aromatic rings. The van der Waals surface area contributed by atoms with Crippen LogP contribution in [0.1, 0.15) is 79.1 Å². The predicted molar refractivity (Wildman–Crippen MR) is 148 cm³/mol. The van der Waals surface area contributed by atoms with E-state index in [2.05, 4.69) is 27.4 Å². The van der Waals surface area contributed by atoms with Crippen molar-refractivity contribution >= 4 is 16.7 Å². The molecule has 0 aliphatic heterocycles. The van der Waals surface area contributed by atoms with Gasteiger partial charge >= 0.3 is 5.97 Å². The zero-order chi connectivity index (χ0) is 26.2. The highest BCUT2D eigenvalue weighted by Crippen LogP contribution is 2.33. The normalized spacial score (nSPS) is 12.8. The minimum Gasteiger partial charge on any atom is -0.493 e. The zero-order valence-corrected chi connectivity index (χ0v) is 22.9. The molecule has 0 aromatic heterocycles. The molecule has 0 amide bonds. The number of rotatable bonds is 19. The molecular formula is C31H46O5. The maximum Gasteiger partial charge on any atom is 0.333 e. The number of carbonyl (C=O) groups excluding carboxylic acids is 1. The minimum absolute atomic E-state index is 0.200. The molecule has 0 fully saturated rings. The van der Waals surface area contributed by atoms with Crippen LogP contribution >= 0.6 is 0 Å². The van der Waals surface area contributed by atoms with Crippen molar-refractivity contribution in [3.8, 4) is 11.5 Å². The van der Waals surface area contributed by atoms with Crippen LogP contribution in [0.5, 0.6) is 11.5 Å². The van der Waals surface area contributed by atoms with E-state index in [1.807, 2.05) is 36.4 Å². The topological polar surface area (TPSA) is 54.0 Å². The first-order valence-electron chi connectivity index (χ1n) is 13.7. The van der Waals surface area contributed by atoms with E-state index < -0.39 is 12.1 Å². The molecular weight excluding hydrogens is 452 g/mol. The van der Waals surface area contributed by atoms with Gasteiger partial charge < -0.3 is 18.9 Å². The Hall–Kier alpha value is -2.53. The van der Waals surface area contributed by atoms with E-state index in [9.17, 15) is 4.79 Å². The standard InChI is InChI=1S/C31H46O5/c1-6-9-11-14-20-34-29-18-19-30(28-17-13-12-16-27(28)29)35-23-26(36-31(32)24(4)5)22-33-21-25(8-3)15-10-7-2/h12-13,16-19,25-26H,4,6-11,14-15,20-23H2,1-3,5H3. The first kappa shape index (κ1) is 29.7. The molecule has 0 saturated heterocycles. The van der Waals surface area contributed by atoms with Crippen LogP contribution in [0.3, 0.4) is 0 Å². The molecule has 0 heterocycles. The monoisotopic (exact) mass is 498 g/mol. The lowest BCUT2D eigenvalue weighted by molar-refractivity contribution is -0.149. The van der Waals surface area contributed by atoms with Crippen molar-refractivity contribution in [2.45, 2.75) is 85.2 Å². The number of ether oxygens (including phenoxy) is 4. The fourth-order valence-electron chi connectivity index (χ4n) is 4.02. The van der Waals surface area contributed by atoms with Crippen LogP contribution in [0.15, 0.2) is 48.6 Å². The summed E-state index contributed by atoms with van der Waals surface area (Å²) < 4.78 is 23.9. The Morgan fingerprint density at radius 3 is 2.11 bits per heavy atom. The van der Waals surface area contributed by atoms with Gasteiger partial charge in [-0.05, 0) is 37.8 Å². The number of hydrogen-bond donors (Lipinski definition) is 0. The van der Waals surface area contributed by atoms with Crippen LogP contribution < -0.4 is 9.47 Å². The van der Waals surface area contributed by atoms with Crippen molar-refractivity contribution in [1.29, 1.82) is 0 Å². The molecule has 0 radical (unpaired) electrons. The molecule has 0 aliphatic rings. The lowest BCUT2D eigenvalue weighted by Crippen LogP contribution is -2.31. The molecule has 0 N–H and O–H groups in total. The number of carbonyl (C=O) groups is 1. The summed E-state index contributed by atoms with van der Waals surface area (Å²) in [5.41, 5.74) is 0.361. The van der Waals surface area contributed by atoms with Gasteiger partial charge in [0.05, 0.1) is 13.2 Å². The predicted octanol–water partition coefficient (Wildman–Crippen LogP) is 7.90. The molecule has 2 unspecified atom stereocenters. The highest BCUT2D eigenvalue weighted by Gasteiger charge is 2.19. The fraction of sp³-hybridized carbons (Fsp3) is 0.581. The van der Waals surface area contributed by atoms with E-state index in [0.29, 0.717) is 31.3 Å². The SMILES string of the molecule is C=C(C)C(=O)OC(COCC(CC)CCCC)COc1ccc(OCCCCCC)c2ccccc12. The van der Waals surface area contributed by atoms with E-state index in [1.165, 1.54) is 32.1 Å². The van der Waals surface area contributed by atoms with Gasteiger partial charge in [0.25, 0.3) is 0 Å². The molecule has 0 saturated carbocycles. The number of unbranched alkanes of at least 4 members (excludes halogenated alkanes) is 4. The van der Waals surface area contributed by atoms with Crippen LogP contribution in [0.25, 0.3) is 10.8 Å². The van der Waals surface area contributed by atoms with Gasteiger partial charge in [0, 0.05) is 23.0 Å². The van der Waals surface area contributed by atoms with E-state index >= 15 is 0 Å². The number of esters is 1. The Morgan fingerprint density at radius 2 is 1.50 bits per heavy atom. The smallest absolute Gasteiger partial charge is 0.333 e. The summed E-state index contributed by atoms with van der Waals surface area (Å²) in [6.45, 7) is 13.8. The molecule has 36 heavy (non-hydrogen) atoms. The lowest BCUT2D eigenvalue weighted by Gasteiger charge is -2.21. The molecule has 5 heteroatoms. The Bertz CT molecular complexity index is 922. The van der Waals surface area contributed by atoms with Crippen LogP contribution in [0.4, 0.5) is 0 Å². The number of fused-ring (bicyclic) bond motifs is 1. The van der Waals surface area contributed by atoms with E-state index in [4.69, 9.17) is 18.9 Å². The van der Waals surface area contributed by atoms with Gasteiger partial charge in [-0.25, -0.2) is 4.79 Å². The van der Waals surface area contributed by atoms with Gasteiger partial charge in [-0.1, -0.05) is 90.1 Å². The Balaban J connectivity index is 2.04. The van der Waals surface area contributed by atoms with Crippen molar-refractivity contribution in [1.82, 2.24) is 0 Å². The van der Waals surface area contributed by atoms with Crippen molar-refractivity contribution < 1.29 is 23.7 Å². The minimum atomic E-state index is -0.522. The van der Waals surface area contributed by atoms with Gasteiger partial charge in [0.15, 0.2) is 6.10 Å². The van der Waals surface area contributed by atoms with Gasteiger partial charge in [-0.15, -0.1) is 0 Å². The van der Waals surface area contributed by atoms with E-state index in [0.717, 1.165) is 41.5 Å². The summed E-state index contributed by atoms with van der Waals surface area (Å²) in [5.74, 6) is 1.68. The molecule has 5 nitrogen and oxygen atoms in total. The van der Waals surface area contributed by atoms with Gasteiger partial charge in [0.2, 0.25) is 0 Å². The third kappa shape index (κ3) is 10.2. The summed E-state index contributed by atoms with van der Waals surface area (Å²) in [4.78, 5) is 12.2. The van der Waals surface area contributed by atoms with E-state index in [1.54, 1.807) is 6.92 Å². The van der Waals surface area contributed by atoms with Gasteiger partial charge in [-0.3, -0.25) is 0 Å². The van der Waals surface area contributed by atoms with E-state index in [-0.39, 0.29) is 6.61 Å². The van der Waals surface area contributed by atoms with Gasteiger partial charge in [0.1, 0.15) is 18.1 Å². The van der Waals surface area contributed by atoms with Crippen molar-refractivity contribution in [2.75, 3.05) is 26.4 Å². The van der Waals surface area contributed by atoms with Crippen molar-refractivity contribution in [2.24, 2.45) is 5.92 Å². The average molecular weight is 499 g/mol. The molecule has 2 atom stereocenters. The molecule has 0 aliphatic carbocycles. The van der Waals surface area contributed by atoms with Crippen LogP contribution in [-0.4, -0.2) is 38.5 Å². The summed E-state index contributed by atoms with van der Waals surface area (Å²) in [7, 11) is 0. The van der Waals surface area contributed by atoms with Crippen molar-refractivity contribution in [3.63, 3.8) is 0 Å². The van der Waals surface area contributed by atoms with Crippen LogP contribution in [0.2, 0.25) is 0 Å². The summed E-state index contributed by atoms with van der Waals surface area (Å²) in [5, 5.41) is 1.99. The molecule has 2 rings (SSSR count). The number of benzene rings is 2. The third-order valence-electron chi connectivity index (χ3n) is 6.35. The Morgan fingerprint density at radius 1 is 0.833 bits per heavy atom. The summed E-state index contributed by atoms with van der Waals surface area (Å²) >= 11 is 0. The van der Waals surface area contributed by atoms with Crippen molar-refractivity contribution in [3.05, 3.63) is 48.6 Å².